The van der Waals surface area contributed by atoms with Crippen molar-refractivity contribution in [2.24, 2.45) is 23.7 Å². The summed E-state index contributed by atoms with van der Waals surface area (Å²) in [5.74, 6) is -2.13. The van der Waals surface area contributed by atoms with E-state index in [1.807, 2.05) is 0 Å². The van der Waals surface area contributed by atoms with Crippen LogP contribution in [-0.2, 0) is 9.59 Å². The summed E-state index contributed by atoms with van der Waals surface area (Å²) in [6.07, 6.45) is 2.67. The largest absolute Gasteiger partial charge is 0.550 e. The Hall–Kier alpha value is -1.55. The van der Waals surface area contributed by atoms with E-state index >= 15 is 0 Å². The summed E-state index contributed by atoms with van der Waals surface area (Å²) in [4.78, 5) is 23.7. The lowest BCUT2D eigenvalue weighted by Crippen LogP contribution is -2.43. The van der Waals surface area contributed by atoms with Crippen molar-refractivity contribution < 1.29 is 14.7 Å². The van der Waals surface area contributed by atoms with Crippen LogP contribution in [0.2, 0.25) is 5.02 Å². The number of anilines is 1. The highest BCUT2D eigenvalue weighted by atomic mass is 35.5. The zero-order valence-electron chi connectivity index (χ0n) is 10.8. The van der Waals surface area contributed by atoms with Gasteiger partial charge in [0.15, 0.2) is 0 Å². The summed E-state index contributed by atoms with van der Waals surface area (Å²) in [5.41, 5.74) is 0.638. The molecule has 0 aromatic heterocycles. The zero-order chi connectivity index (χ0) is 14.3. The molecule has 2 aliphatic carbocycles. The Kier molecular flexibility index (Phi) is 3.42. The number of carboxylic acids is 1. The number of aliphatic carboxylic acids is 1. The number of carbonyl (C=O) groups excluding carboxylic acids is 2. The lowest BCUT2D eigenvalue weighted by Gasteiger charge is -2.30. The maximum Gasteiger partial charge on any atom is 0.228 e. The van der Waals surface area contributed by atoms with Crippen LogP contribution in [0.3, 0.4) is 0 Å². The van der Waals surface area contributed by atoms with E-state index in [1.165, 1.54) is 0 Å². The van der Waals surface area contributed by atoms with E-state index in [0.717, 1.165) is 19.3 Å². The molecular formula is C15H15ClNO3-. The second kappa shape index (κ2) is 5.09. The molecule has 2 fully saturated rings. The van der Waals surface area contributed by atoms with Crippen LogP contribution in [0.5, 0.6) is 0 Å². The second-order valence-electron chi connectivity index (χ2n) is 5.70. The lowest BCUT2D eigenvalue weighted by atomic mass is 9.78. The Morgan fingerprint density at radius 1 is 1.10 bits per heavy atom. The van der Waals surface area contributed by atoms with Gasteiger partial charge in [0.25, 0.3) is 0 Å². The minimum absolute atomic E-state index is 0.103. The Morgan fingerprint density at radius 3 is 2.30 bits per heavy atom. The Labute approximate surface area is 122 Å². The van der Waals surface area contributed by atoms with Gasteiger partial charge in [0.05, 0.1) is 0 Å². The fraction of sp³-hybridized carbons (Fsp3) is 0.467. The van der Waals surface area contributed by atoms with Crippen LogP contribution < -0.4 is 10.4 Å². The Morgan fingerprint density at radius 2 is 1.70 bits per heavy atom. The van der Waals surface area contributed by atoms with Crippen LogP contribution >= 0.6 is 11.6 Å². The summed E-state index contributed by atoms with van der Waals surface area (Å²) in [6.45, 7) is 0. The first kappa shape index (κ1) is 13.4. The van der Waals surface area contributed by atoms with Crippen molar-refractivity contribution in [1.29, 1.82) is 0 Å². The van der Waals surface area contributed by atoms with Gasteiger partial charge < -0.3 is 15.2 Å². The van der Waals surface area contributed by atoms with Gasteiger partial charge in [-0.1, -0.05) is 11.6 Å². The van der Waals surface area contributed by atoms with Gasteiger partial charge in [-0.2, -0.15) is 0 Å². The van der Waals surface area contributed by atoms with Gasteiger partial charge in [0, 0.05) is 28.5 Å². The van der Waals surface area contributed by atoms with Crippen LogP contribution in [0.4, 0.5) is 5.69 Å². The van der Waals surface area contributed by atoms with Gasteiger partial charge in [0.1, 0.15) is 0 Å². The van der Waals surface area contributed by atoms with Crippen LogP contribution in [-0.4, -0.2) is 11.9 Å². The monoisotopic (exact) mass is 292 g/mol. The number of amides is 1. The molecule has 0 radical (unpaired) electrons. The van der Waals surface area contributed by atoms with Crippen LogP contribution in [0, 0.1) is 23.7 Å². The molecule has 2 saturated carbocycles. The Balaban J connectivity index is 1.76. The Bertz CT molecular complexity index is 543. The van der Waals surface area contributed by atoms with Crippen molar-refractivity contribution in [3.8, 4) is 0 Å². The smallest absolute Gasteiger partial charge is 0.228 e. The number of carbonyl (C=O) groups is 2. The molecule has 4 atom stereocenters. The van der Waals surface area contributed by atoms with Crippen molar-refractivity contribution in [2.45, 2.75) is 19.3 Å². The summed E-state index contributed by atoms with van der Waals surface area (Å²) < 4.78 is 0. The molecule has 2 bridgehead atoms. The van der Waals surface area contributed by atoms with E-state index in [9.17, 15) is 14.7 Å². The molecule has 0 spiro atoms. The number of nitrogens with one attached hydrogen (secondary N) is 1. The average Bonchev–Trinajstić information content (AvgIpc) is 3.01. The average molecular weight is 293 g/mol. The number of rotatable bonds is 3. The van der Waals surface area contributed by atoms with E-state index < -0.39 is 17.8 Å². The molecule has 1 aromatic carbocycles. The van der Waals surface area contributed by atoms with E-state index in [1.54, 1.807) is 24.3 Å². The van der Waals surface area contributed by atoms with E-state index in [4.69, 9.17) is 11.6 Å². The molecule has 0 heterocycles. The molecule has 1 amide bonds. The molecule has 106 valence electrons. The second-order valence-corrected chi connectivity index (χ2v) is 6.14. The number of hydrogen-bond donors (Lipinski definition) is 1. The highest BCUT2D eigenvalue weighted by Crippen LogP contribution is 2.52. The third-order valence-electron chi connectivity index (χ3n) is 4.60. The number of carboxylic acid groups (broad SMARTS) is 1. The van der Waals surface area contributed by atoms with Crippen LogP contribution in [0.25, 0.3) is 0 Å². The molecule has 3 rings (SSSR count). The maximum atomic E-state index is 12.4. The third-order valence-corrected chi connectivity index (χ3v) is 4.86. The summed E-state index contributed by atoms with van der Waals surface area (Å²) in [5, 5.41) is 14.7. The predicted octanol–water partition coefficient (Wildman–Crippen LogP) is 1.69. The molecule has 0 aliphatic heterocycles. The number of fused-ring (bicyclic) bond motifs is 2. The summed E-state index contributed by atoms with van der Waals surface area (Å²) in [6, 6.07) is 6.80. The van der Waals surface area contributed by atoms with Gasteiger partial charge >= 0.3 is 0 Å². The van der Waals surface area contributed by atoms with E-state index in [0.29, 0.717) is 10.7 Å². The quantitative estimate of drug-likeness (QED) is 0.922. The topological polar surface area (TPSA) is 69.2 Å². The van der Waals surface area contributed by atoms with Crippen molar-refractivity contribution in [3.63, 3.8) is 0 Å². The predicted molar refractivity (Wildman–Crippen MR) is 72.9 cm³/mol. The standard InChI is InChI=1S/C15H16ClNO3/c16-10-3-5-11(6-4-10)17-14(18)12-8-1-2-9(7-8)13(12)15(19)20/h3-6,8-9,12-13H,1-2,7H2,(H,17,18)(H,19,20)/p-1/t8-,9+,12-,13+/m1/s1. The molecule has 0 unspecified atom stereocenters. The van der Waals surface area contributed by atoms with Gasteiger partial charge in [-0.25, -0.2) is 0 Å². The molecule has 0 saturated heterocycles. The molecular weight excluding hydrogens is 278 g/mol. The first-order valence-electron chi connectivity index (χ1n) is 6.83. The molecule has 5 heteroatoms. The van der Waals surface area contributed by atoms with Crippen molar-refractivity contribution >= 4 is 29.2 Å². The lowest BCUT2D eigenvalue weighted by molar-refractivity contribution is -0.314. The van der Waals surface area contributed by atoms with Gasteiger partial charge in [-0.3, -0.25) is 4.79 Å². The van der Waals surface area contributed by atoms with Crippen molar-refractivity contribution in [2.75, 3.05) is 5.32 Å². The third kappa shape index (κ3) is 2.29. The van der Waals surface area contributed by atoms with E-state index in [-0.39, 0.29) is 17.7 Å². The van der Waals surface area contributed by atoms with Crippen molar-refractivity contribution in [3.05, 3.63) is 29.3 Å². The fourth-order valence-corrected chi connectivity index (χ4v) is 3.89. The highest BCUT2D eigenvalue weighted by molar-refractivity contribution is 6.30. The minimum Gasteiger partial charge on any atom is -0.550 e. The number of halogens is 1. The normalized spacial score (nSPS) is 31.2. The first-order valence-corrected chi connectivity index (χ1v) is 7.21. The van der Waals surface area contributed by atoms with Crippen LogP contribution in [0.15, 0.2) is 24.3 Å². The highest BCUT2D eigenvalue weighted by Gasteiger charge is 2.51. The number of benzene rings is 1. The number of hydrogen-bond acceptors (Lipinski definition) is 3. The zero-order valence-corrected chi connectivity index (χ0v) is 11.6. The first-order chi connectivity index (χ1) is 9.56. The molecule has 1 N–H and O–H groups in total. The van der Waals surface area contributed by atoms with Crippen LogP contribution in [0.1, 0.15) is 19.3 Å². The molecule has 4 nitrogen and oxygen atoms in total. The molecule has 20 heavy (non-hydrogen) atoms. The fourth-order valence-electron chi connectivity index (χ4n) is 3.77. The maximum absolute atomic E-state index is 12.4. The van der Waals surface area contributed by atoms with Gasteiger partial charge in [-0.15, -0.1) is 0 Å². The molecule has 1 aromatic rings. The summed E-state index contributed by atoms with van der Waals surface area (Å²) in [7, 11) is 0. The summed E-state index contributed by atoms with van der Waals surface area (Å²) >= 11 is 5.79. The SMILES string of the molecule is O=C(Nc1ccc(Cl)cc1)[C@@H]1[C@@H]2CC[C@@H](C2)[C@@H]1C(=O)[O-]. The van der Waals surface area contributed by atoms with Gasteiger partial charge in [0.2, 0.25) is 5.91 Å². The van der Waals surface area contributed by atoms with E-state index in [2.05, 4.69) is 5.32 Å². The van der Waals surface area contributed by atoms with Crippen molar-refractivity contribution in [1.82, 2.24) is 0 Å². The molecule has 2 aliphatic rings. The van der Waals surface area contributed by atoms with Gasteiger partial charge in [-0.05, 0) is 55.4 Å². The minimum atomic E-state index is -1.09.